The molecule has 0 saturated heterocycles. The van der Waals surface area contributed by atoms with Gasteiger partial charge in [0.05, 0.1) is 11.9 Å². The summed E-state index contributed by atoms with van der Waals surface area (Å²) in [7, 11) is 0. The zero-order valence-corrected chi connectivity index (χ0v) is 16.6. The van der Waals surface area contributed by atoms with Gasteiger partial charge in [-0.25, -0.2) is 0 Å². The number of fused-ring (bicyclic) bond motifs is 2. The fourth-order valence-corrected chi connectivity index (χ4v) is 2.78. The molecular weight excluding hydrogens is 403 g/mol. The Labute approximate surface area is 179 Å². The quantitative estimate of drug-likeness (QED) is 0.410. The van der Waals surface area contributed by atoms with E-state index in [1.807, 2.05) is 12.1 Å². The second-order valence-corrected chi connectivity index (χ2v) is 6.01. The molecule has 0 atom stereocenters. The summed E-state index contributed by atoms with van der Waals surface area (Å²) in [6.07, 6.45) is 0. The zero-order valence-electron chi connectivity index (χ0n) is 15.5. The third-order valence-electron chi connectivity index (χ3n) is 4.17. The molecule has 4 aromatic carbocycles. The van der Waals surface area contributed by atoms with E-state index in [0.717, 1.165) is 21.5 Å². The number of aromatic hydroxyl groups is 2. The maximum atomic E-state index is 10.6. The van der Waals surface area contributed by atoms with Crippen LogP contribution in [0.2, 0.25) is 0 Å². The fraction of sp³-hybridized carbons (Fsp3) is 0. The number of aromatic carboxylic acids is 2. The minimum atomic E-state index is -1.37. The number of carbonyl (C=O) groups is 2. The average molecular weight is 418 g/mol. The van der Waals surface area contributed by atoms with Gasteiger partial charge in [-0.2, -0.15) is 0 Å². The summed E-state index contributed by atoms with van der Waals surface area (Å²) in [5.41, 5.74) is -0.354. The minimum absolute atomic E-state index is 0.177. The van der Waals surface area contributed by atoms with Crippen molar-refractivity contribution in [1.29, 1.82) is 0 Å². The first-order chi connectivity index (χ1) is 14.4. The number of rotatable bonds is 2. The van der Waals surface area contributed by atoms with E-state index in [-0.39, 0.29) is 22.6 Å². The Kier molecular flexibility index (Phi) is 7.78. The molecule has 0 aliphatic heterocycles. The van der Waals surface area contributed by atoms with Crippen molar-refractivity contribution >= 4 is 50.1 Å². The van der Waals surface area contributed by atoms with E-state index in [1.165, 1.54) is 40.9 Å². The van der Waals surface area contributed by atoms with E-state index in [2.05, 4.69) is 0 Å². The summed E-state index contributed by atoms with van der Waals surface area (Å²) < 4.78 is 6.92. The molecule has 148 valence electrons. The molecular formula is C22H15AlO7. The first-order valence-electron chi connectivity index (χ1n) is 8.49. The molecule has 0 amide bonds. The Bertz CT molecular complexity index is 1110. The number of phenols is 2. The van der Waals surface area contributed by atoms with E-state index in [9.17, 15) is 30.0 Å². The van der Waals surface area contributed by atoms with Crippen LogP contribution < -0.4 is 10.2 Å². The number of carbonyl (C=O) groups excluding carboxylic acids is 2. The molecule has 0 spiro atoms. The van der Waals surface area contributed by atoms with E-state index in [0.29, 0.717) is 0 Å². The van der Waals surface area contributed by atoms with Crippen LogP contribution in [0.15, 0.2) is 72.8 Å². The van der Waals surface area contributed by atoms with Crippen LogP contribution in [0.1, 0.15) is 20.7 Å². The standard InChI is InChI=1S/2C11H8O3.Al.H2O/c2*12-10-6-8-4-2-1-3-7(8)5-9(10)11(13)14;;/h2*1-6,12H,(H,13,14);;1H2/q;;+3;/p-3. The van der Waals surface area contributed by atoms with Gasteiger partial charge in [-0.3, -0.25) is 0 Å². The average Bonchev–Trinajstić information content (AvgIpc) is 2.74. The Balaban J connectivity index is 0.000000197. The molecule has 8 heteroatoms. The van der Waals surface area contributed by atoms with Crippen LogP contribution >= 0.6 is 0 Å². The number of carboxylic acid groups (broad SMARTS) is 2. The molecule has 0 unspecified atom stereocenters. The second kappa shape index (κ2) is 10.3. The van der Waals surface area contributed by atoms with Gasteiger partial charge in [0.1, 0.15) is 11.5 Å². The van der Waals surface area contributed by atoms with Crippen molar-refractivity contribution in [2.24, 2.45) is 0 Å². The third-order valence-corrected chi connectivity index (χ3v) is 4.17. The van der Waals surface area contributed by atoms with Gasteiger partial charge in [-0.15, -0.1) is 0 Å². The Hall–Kier alpha value is -3.57. The summed E-state index contributed by atoms with van der Waals surface area (Å²) in [6, 6.07) is 20.0. The normalized spacial score (nSPS) is 9.83. The monoisotopic (exact) mass is 418 g/mol. The van der Waals surface area contributed by atoms with Crippen LogP contribution in [0.25, 0.3) is 21.5 Å². The molecule has 0 radical (unpaired) electrons. The molecule has 0 aliphatic carbocycles. The van der Waals surface area contributed by atoms with Gasteiger partial charge in [0.15, 0.2) is 0 Å². The third kappa shape index (κ3) is 5.27. The van der Waals surface area contributed by atoms with E-state index < -0.39 is 11.9 Å². The van der Waals surface area contributed by atoms with Gasteiger partial charge in [-0.05, 0) is 45.8 Å². The van der Waals surface area contributed by atoms with Crippen molar-refractivity contribution in [3.63, 3.8) is 0 Å². The van der Waals surface area contributed by atoms with Crippen molar-refractivity contribution in [3.05, 3.63) is 83.9 Å². The van der Waals surface area contributed by atoms with Crippen molar-refractivity contribution < 1.29 is 34.2 Å². The van der Waals surface area contributed by atoms with Gasteiger partial charge in [0.2, 0.25) is 0 Å². The molecule has 30 heavy (non-hydrogen) atoms. The number of hydrogen-bond donors (Lipinski definition) is 3. The summed E-state index contributed by atoms with van der Waals surface area (Å²) in [4.78, 5) is 21.2. The summed E-state index contributed by atoms with van der Waals surface area (Å²) in [5, 5.41) is 43.0. The van der Waals surface area contributed by atoms with Crippen LogP contribution in [-0.2, 0) is 0 Å². The van der Waals surface area contributed by atoms with Crippen LogP contribution in [0, 0.1) is 0 Å². The SMILES string of the molecule is O=C([O-])c1cc2ccccc2cc1O.O=C([O-])c1cc2ccccc2cc1O.[OH][Al+2]. The molecule has 0 saturated carbocycles. The predicted molar refractivity (Wildman–Crippen MR) is 108 cm³/mol. The van der Waals surface area contributed by atoms with Crippen molar-refractivity contribution in [1.82, 2.24) is 0 Å². The Morgan fingerprint density at radius 1 is 0.600 bits per heavy atom. The zero-order chi connectivity index (χ0) is 22.3. The van der Waals surface area contributed by atoms with Crippen LogP contribution in [-0.4, -0.2) is 42.9 Å². The molecule has 0 heterocycles. The Morgan fingerprint density at radius 2 is 0.867 bits per heavy atom. The van der Waals surface area contributed by atoms with Crippen LogP contribution in [0.4, 0.5) is 0 Å². The first-order valence-corrected chi connectivity index (χ1v) is 9.00. The van der Waals surface area contributed by atoms with Crippen molar-refractivity contribution in [3.8, 4) is 11.5 Å². The molecule has 3 N–H and O–H groups in total. The maximum absolute atomic E-state index is 10.6. The van der Waals surface area contributed by atoms with Crippen molar-refractivity contribution in [2.45, 2.75) is 0 Å². The van der Waals surface area contributed by atoms with Gasteiger partial charge in [0, 0.05) is 11.1 Å². The van der Waals surface area contributed by atoms with Crippen molar-refractivity contribution in [2.75, 3.05) is 0 Å². The number of benzene rings is 4. The molecule has 4 rings (SSSR count). The predicted octanol–water partition coefficient (Wildman–Crippen LogP) is 0.880. The second-order valence-electron chi connectivity index (χ2n) is 6.01. The topological polar surface area (TPSA) is 141 Å². The van der Waals surface area contributed by atoms with Crippen LogP contribution in [0.5, 0.6) is 11.5 Å². The Morgan fingerprint density at radius 3 is 1.13 bits per heavy atom. The molecule has 0 bridgehead atoms. The molecule has 0 aromatic heterocycles. The number of hydrogen-bond acceptors (Lipinski definition) is 7. The number of carboxylic acids is 2. The van der Waals surface area contributed by atoms with E-state index in [4.69, 9.17) is 4.16 Å². The van der Waals surface area contributed by atoms with Gasteiger partial charge < -0.3 is 30.0 Å². The molecule has 7 nitrogen and oxygen atoms in total. The van der Waals surface area contributed by atoms with Gasteiger partial charge >= 0.3 is 20.8 Å². The first kappa shape index (κ1) is 22.7. The van der Waals surface area contributed by atoms with E-state index >= 15 is 0 Å². The van der Waals surface area contributed by atoms with Gasteiger partial charge in [-0.1, -0.05) is 48.5 Å². The molecule has 0 fully saturated rings. The molecule has 0 aliphatic rings. The summed E-state index contributed by atoms with van der Waals surface area (Å²) in [5.74, 6) is -3.26. The van der Waals surface area contributed by atoms with E-state index in [1.54, 1.807) is 36.4 Å². The fourth-order valence-electron chi connectivity index (χ4n) is 2.78. The van der Waals surface area contributed by atoms with Crippen LogP contribution in [0.3, 0.4) is 0 Å². The van der Waals surface area contributed by atoms with Gasteiger partial charge in [0.25, 0.3) is 0 Å². The summed E-state index contributed by atoms with van der Waals surface area (Å²) in [6.45, 7) is 0. The molecule has 4 aromatic rings. The summed E-state index contributed by atoms with van der Waals surface area (Å²) >= 11 is 1.42.